The second-order valence-electron chi connectivity index (χ2n) is 9.87. The number of halogens is 1. The van der Waals surface area contributed by atoms with Crippen molar-refractivity contribution in [2.24, 2.45) is 5.92 Å². The molecule has 0 saturated heterocycles. The minimum Gasteiger partial charge on any atom is -0.354 e. The number of hydrogen-bond acceptors (Lipinski definition) is 4. The normalized spacial score (nSPS) is 12.2. The molecule has 0 fully saturated rings. The minimum absolute atomic E-state index is 0.0807. The molecular weight excluding hydrogens is 578 g/mol. The highest BCUT2D eigenvalue weighted by Crippen LogP contribution is 2.27. The number of rotatable bonds is 12. The molecule has 0 saturated carbocycles. The van der Waals surface area contributed by atoms with Crippen molar-refractivity contribution in [3.05, 3.63) is 94.5 Å². The summed E-state index contributed by atoms with van der Waals surface area (Å²) in [5.41, 5.74) is 2.11. The Kier molecular flexibility index (Phi) is 10.7. The third-order valence-electron chi connectivity index (χ3n) is 6.25. The number of amides is 2. The lowest BCUT2D eigenvalue weighted by atomic mass is 10.1. The van der Waals surface area contributed by atoms with Gasteiger partial charge in [0, 0.05) is 17.6 Å². The zero-order chi connectivity index (χ0) is 28.6. The van der Waals surface area contributed by atoms with Crippen LogP contribution in [-0.4, -0.2) is 44.3 Å². The van der Waals surface area contributed by atoms with Crippen LogP contribution in [0.15, 0.2) is 88.2 Å². The Morgan fingerprint density at radius 1 is 0.949 bits per heavy atom. The van der Waals surface area contributed by atoms with Gasteiger partial charge >= 0.3 is 0 Å². The van der Waals surface area contributed by atoms with Crippen LogP contribution in [0.2, 0.25) is 0 Å². The van der Waals surface area contributed by atoms with Gasteiger partial charge in [-0.25, -0.2) is 8.42 Å². The van der Waals surface area contributed by atoms with E-state index in [9.17, 15) is 18.0 Å². The molecule has 0 spiro atoms. The van der Waals surface area contributed by atoms with Gasteiger partial charge in [-0.2, -0.15) is 0 Å². The molecule has 0 aromatic heterocycles. The Labute approximate surface area is 240 Å². The average Bonchev–Trinajstić information content (AvgIpc) is 2.91. The zero-order valence-electron chi connectivity index (χ0n) is 22.8. The van der Waals surface area contributed by atoms with Crippen LogP contribution in [0, 0.1) is 12.8 Å². The Bertz CT molecular complexity index is 1360. The first-order valence-electron chi connectivity index (χ1n) is 13.0. The van der Waals surface area contributed by atoms with Gasteiger partial charge < -0.3 is 10.2 Å². The summed E-state index contributed by atoms with van der Waals surface area (Å²) >= 11 is 3.41. The van der Waals surface area contributed by atoms with Gasteiger partial charge in [0.2, 0.25) is 11.8 Å². The van der Waals surface area contributed by atoms with E-state index in [4.69, 9.17) is 0 Å². The summed E-state index contributed by atoms with van der Waals surface area (Å²) in [6.07, 6.45) is 0.379. The second-order valence-corrected chi connectivity index (χ2v) is 12.7. The third kappa shape index (κ3) is 8.16. The predicted molar refractivity (Wildman–Crippen MR) is 159 cm³/mol. The number of carbonyl (C=O) groups is 2. The first-order valence-corrected chi connectivity index (χ1v) is 15.2. The molecule has 7 nitrogen and oxygen atoms in total. The van der Waals surface area contributed by atoms with Crippen molar-refractivity contribution >= 4 is 43.5 Å². The van der Waals surface area contributed by atoms with Crippen molar-refractivity contribution in [1.82, 2.24) is 10.2 Å². The fourth-order valence-electron chi connectivity index (χ4n) is 4.12. The Morgan fingerprint density at radius 3 is 2.21 bits per heavy atom. The first-order chi connectivity index (χ1) is 18.5. The van der Waals surface area contributed by atoms with Gasteiger partial charge in [-0.05, 0) is 55.2 Å². The van der Waals surface area contributed by atoms with Crippen LogP contribution in [-0.2, 0) is 26.2 Å². The summed E-state index contributed by atoms with van der Waals surface area (Å²) in [6.45, 7) is 7.91. The summed E-state index contributed by atoms with van der Waals surface area (Å²) < 4.78 is 29.6. The van der Waals surface area contributed by atoms with Gasteiger partial charge in [0.05, 0.1) is 10.6 Å². The molecule has 0 radical (unpaired) electrons. The SMILES string of the molecule is CC[C@@H](C(=O)NCC(C)C)N(Cc1ccccc1)C(=O)CN(c1cccc(Br)c1)S(=O)(=O)c1ccc(C)cc1. The number of sulfonamides is 1. The number of benzene rings is 3. The summed E-state index contributed by atoms with van der Waals surface area (Å²) in [5.74, 6) is -0.483. The van der Waals surface area contributed by atoms with Gasteiger partial charge in [0.15, 0.2) is 0 Å². The fourth-order valence-corrected chi connectivity index (χ4v) is 5.91. The van der Waals surface area contributed by atoms with E-state index in [0.717, 1.165) is 15.4 Å². The van der Waals surface area contributed by atoms with E-state index >= 15 is 0 Å². The average molecular weight is 615 g/mol. The van der Waals surface area contributed by atoms with Crippen molar-refractivity contribution in [2.75, 3.05) is 17.4 Å². The van der Waals surface area contributed by atoms with E-state index in [1.165, 1.54) is 17.0 Å². The largest absolute Gasteiger partial charge is 0.354 e. The van der Waals surface area contributed by atoms with Gasteiger partial charge in [-0.15, -0.1) is 0 Å². The van der Waals surface area contributed by atoms with Crippen molar-refractivity contribution < 1.29 is 18.0 Å². The summed E-state index contributed by atoms with van der Waals surface area (Å²) in [4.78, 5) is 28.8. The van der Waals surface area contributed by atoms with Crippen LogP contribution in [0.4, 0.5) is 5.69 Å². The van der Waals surface area contributed by atoms with Crippen LogP contribution in [0.25, 0.3) is 0 Å². The molecule has 208 valence electrons. The lowest BCUT2D eigenvalue weighted by Gasteiger charge is -2.33. The Hall–Kier alpha value is -3.17. The van der Waals surface area contributed by atoms with Crippen LogP contribution in [0.1, 0.15) is 38.3 Å². The number of anilines is 1. The van der Waals surface area contributed by atoms with Crippen LogP contribution in [0.3, 0.4) is 0 Å². The molecule has 0 aliphatic heterocycles. The summed E-state index contributed by atoms with van der Waals surface area (Å²) in [7, 11) is -4.10. The van der Waals surface area contributed by atoms with Gasteiger partial charge in [0.1, 0.15) is 12.6 Å². The molecular formula is C30H36BrN3O4S. The third-order valence-corrected chi connectivity index (χ3v) is 8.53. The molecule has 3 aromatic rings. The van der Waals surface area contributed by atoms with Crippen LogP contribution < -0.4 is 9.62 Å². The number of hydrogen-bond donors (Lipinski definition) is 1. The van der Waals surface area contributed by atoms with Crippen molar-refractivity contribution in [3.8, 4) is 0 Å². The maximum atomic E-state index is 14.0. The number of aryl methyl sites for hydroxylation is 1. The van der Waals surface area contributed by atoms with Gasteiger partial charge in [-0.3, -0.25) is 13.9 Å². The number of nitrogens with one attached hydrogen (secondary N) is 1. The molecule has 1 atom stereocenters. The molecule has 0 aliphatic rings. The molecule has 1 N–H and O–H groups in total. The molecule has 9 heteroatoms. The first kappa shape index (κ1) is 30.4. The van der Waals surface area contributed by atoms with E-state index in [1.54, 1.807) is 36.4 Å². The minimum atomic E-state index is -4.10. The lowest BCUT2D eigenvalue weighted by Crippen LogP contribution is -2.52. The lowest BCUT2D eigenvalue weighted by molar-refractivity contribution is -0.140. The summed E-state index contributed by atoms with van der Waals surface area (Å²) in [5, 5.41) is 2.94. The van der Waals surface area contributed by atoms with Gasteiger partial charge in [-0.1, -0.05) is 90.8 Å². The van der Waals surface area contributed by atoms with Crippen molar-refractivity contribution in [3.63, 3.8) is 0 Å². The highest BCUT2D eigenvalue weighted by Gasteiger charge is 2.33. The molecule has 3 aromatic carbocycles. The summed E-state index contributed by atoms with van der Waals surface area (Å²) in [6, 6.07) is 22.0. The van der Waals surface area contributed by atoms with E-state index in [0.29, 0.717) is 23.1 Å². The molecule has 39 heavy (non-hydrogen) atoms. The van der Waals surface area contributed by atoms with Crippen molar-refractivity contribution in [1.29, 1.82) is 0 Å². The quantitative estimate of drug-likeness (QED) is 0.291. The van der Waals surface area contributed by atoms with Crippen molar-refractivity contribution in [2.45, 2.75) is 51.6 Å². The maximum absolute atomic E-state index is 14.0. The number of carbonyl (C=O) groups excluding carboxylic acids is 2. The molecule has 3 rings (SSSR count). The standard InChI is InChI=1S/C30H36BrN3O4S/c1-5-28(30(36)32-19-22(2)3)33(20-24-10-7-6-8-11-24)29(35)21-34(26-13-9-12-25(31)18-26)39(37,38)27-16-14-23(4)15-17-27/h6-18,22,28H,5,19-21H2,1-4H3,(H,32,36)/t28-/m0/s1. The molecule has 0 unspecified atom stereocenters. The van der Waals surface area contributed by atoms with E-state index in [2.05, 4.69) is 21.2 Å². The monoisotopic (exact) mass is 613 g/mol. The fraction of sp³-hybridized carbons (Fsp3) is 0.333. The highest BCUT2D eigenvalue weighted by molar-refractivity contribution is 9.10. The van der Waals surface area contributed by atoms with E-state index < -0.39 is 28.5 Å². The smallest absolute Gasteiger partial charge is 0.264 e. The Morgan fingerprint density at radius 2 is 1.62 bits per heavy atom. The Balaban J connectivity index is 2.03. The van der Waals surface area contributed by atoms with E-state index in [-0.39, 0.29) is 23.3 Å². The molecule has 0 aliphatic carbocycles. The second kappa shape index (κ2) is 13.8. The van der Waals surface area contributed by atoms with Crippen LogP contribution in [0.5, 0.6) is 0 Å². The predicted octanol–water partition coefficient (Wildman–Crippen LogP) is 5.53. The topological polar surface area (TPSA) is 86.8 Å². The van der Waals surface area contributed by atoms with Crippen LogP contribution >= 0.6 is 15.9 Å². The zero-order valence-corrected chi connectivity index (χ0v) is 25.2. The molecule has 0 heterocycles. The molecule has 0 bridgehead atoms. The number of nitrogens with zero attached hydrogens (tertiary/aromatic N) is 2. The molecule has 2 amide bonds. The highest BCUT2D eigenvalue weighted by atomic mass is 79.9. The van der Waals surface area contributed by atoms with Gasteiger partial charge in [0.25, 0.3) is 10.0 Å². The maximum Gasteiger partial charge on any atom is 0.264 e. The van der Waals surface area contributed by atoms with E-state index in [1.807, 2.05) is 58.0 Å².